The van der Waals surface area contributed by atoms with E-state index in [1.807, 2.05) is 36.4 Å². The van der Waals surface area contributed by atoms with Gasteiger partial charge in [0.15, 0.2) is 0 Å². The van der Waals surface area contributed by atoms with Gasteiger partial charge >= 0.3 is 0 Å². The van der Waals surface area contributed by atoms with Crippen LogP contribution in [0.5, 0.6) is 0 Å². The monoisotopic (exact) mass is 282 g/mol. The van der Waals surface area contributed by atoms with E-state index in [0.29, 0.717) is 18.7 Å². The third-order valence-corrected chi connectivity index (χ3v) is 3.92. The number of pyridine rings is 1. The van der Waals surface area contributed by atoms with Crippen LogP contribution in [-0.4, -0.2) is 40.6 Å². The van der Waals surface area contributed by atoms with Gasteiger partial charge in [0.25, 0.3) is 5.91 Å². The molecule has 0 aliphatic carbocycles. The van der Waals surface area contributed by atoms with Crippen LogP contribution in [0.25, 0.3) is 11.1 Å². The van der Waals surface area contributed by atoms with Gasteiger partial charge in [-0.15, -0.1) is 0 Å². The molecule has 1 unspecified atom stereocenters. The third kappa shape index (κ3) is 2.95. The number of aromatic nitrogens is 1. The maximum atomic E-state index is 12.5. The predicted octanol–water partition coefficient (Wildman–Crippen LogP) is 2.20. The molecule has 1 N–H and O–H groups in total. The van der Waals surface area contributed by atoms with Crippen LogP contribution in [0, 0.1) is 5.92 Å². The summed E-state index contributed by atoms with van der Waals surface area (Å²) < 4.78 is 0. The maximum Gasteiger partial charge on any atom is 0.255 e. The van der Waals surface area contributed by atoms with Gasteiger partial charge in [-0.3, -0.25) is 9.78 Å². The van der Waals surface area contributed by atoms with Crippen molar-refractivity contribution >= 4 is 5.91 Å². The molecule has 1 aromatic heterocycles. The number of aliphatic hydroxyl groups excluding tert-OH is 1. The van der Waals surface area contributed by atoms with Crippen molar-refractivity contribution in [3.8, 4) is 11.1 Å². The molecule has 0 spiro atoms. The van der Waals surface area contributed by atoms with E-state index in [0.717, 1.165) is 17.5 Å². The van der Waals surface area contributed by atoms with Crippen molar-refractivity contribution in [2.24, 2.45) is 5.92 Å². The molecule has 2 aromatic rings. The van der Waals surface area contributed by atoms with Crippen molar-refractivity contribution in [3.05, 3.63) is 54.4 Å². The summed E-state index contributed by atoms with van der Waals surface area (Å²) in [6.45, 7) is 1.48. The van der Waals surface area contributed by atoms with Crippen molar-refractivity contribution in [2.45, 2.75) is 6.42 Å². The zero-order chi connectivity index (χ0) is 14.7. The molecule has 0 radical (unpaired) electrons. The summed E-state index contributed by atoms with van der Waals surface area (Å²) in [5, 5.41) is 9.18. The summed E-state index contributed by atoms with van der Waals surface area (Å²) in [5.41, 5.74) is 2.60. The van der Waals surface area contributed by atoms with Crippen molar-refractivity contribution < 1.29 is 9.90 Å². The summed E-state index contributed by atoms with van der Waals surface area (Å²) in [6.07, 6.45) is 4.25. The summed E-state index contributed by atoms with van der Waals surface area (Å²) in [5.74, 6) is 0.204. The quantitative estimate of drug-likeness (QED) is 0.939. The Kier molecular flexibility index (Phi) is 3.97. The van der Waals surface area contributed by atoms with Gasteiger partial charge in [-0.05, 0) is 18.1 Å². The lowest BCUT2D eigenvalue weighted by atomic mass is 10.1. The van der Waals surface area contributed by atoms with E-state index in [1.54, 1.807) is 17.3 Å². The predicted molar refractivity (Wildman–Crippen MR) is 80.8 cm³/mol. The molecule has 108 valence electrons. The fourth-order valence-corrected chi connectivity index (χ4v) is 2.69. The lowest BCUT2D eigenvalue weighted by molar-refractivity contribution is 0.0781. The standard InChI is InChI=1S/C17H18N2O2/c20-12-13-6-7-19(11-13)17(21)16-8-15(9-18-10-16)14-4-2-1-3-5-14/h1-5,8-10,13,20H,6-7,11-12H2. The van der Waals surface area contributed by atoms with E-state index in [9.17, 15) is 9.90 Å². The van der Waals surface area contributed by atoms with Crippen LogP contribution in [0.15, 0.2) is 48.8 Å². The first kappa shape index (κ1) is 13.8. The fourth-order valence-electron chi connectivity index (χ4n) is 2.69. The third-order valence-electron chi connectivity index (χ3n) is 3.92. The van der Waals surface area contributed by atoms with Crippen LogP contribution in [0.4, 0.5) is 0 Å². The fraction of sp³-hybridized carbons (Fsp3) is 0.294. The molecule has 4 heteroatoms. The van der Waals surface area contributed by atoms with Crippen molar-refractivity contribution in [3.63, 3.8) is 0 Å². The minimum absolute atomic E-state index is 0.00349. The molecule has 0 bridgehead atoms. The first-order chi connectivity index (χ1) is 10.3. The number of nitrogens with zero attached hydrogens (tertiary/aromatic N) is 2. The minimum Gasteiger partial charge on any atom is -0.396 e. The van der Waals surface area contributed by atoms with Gasteiger partial charge < -0.3 is 10.0 Å². The highest BCUT2D eigenvalue weighted by Gasteiger charge is 2.26. The SMILES string of the molecule is O=C(c1cncc(-c2ccccc2)c1)N1CCC(CO)C1. The number of carbonyl (C=O) groups excluding carboxylic acids is 1. The number of hydrogen-bond acceptors (Lipinski definition) is 3. The summed E-state index contributed by atoms with van der Waals surface area (Å²) >= 11 is 0. The Hall–Kier alpha value is -2.20. The van der Waals surface area contributed by atoms with Gasteiger partial charge in [-0.2, -0.15) is 0 Å². The van der Waals surface area contributed by atoms with Crippen molar-refractivity contribution in [1.82, 2.24) is 9.88 Å². The summed E-state index contributed by atoms with van der Waals surface area (Å²) in [4.78, 5) is 18.5. The normalized spacial score (nSPS) is 18.0. The topological polar surface area (TPSA) is 53.4 Å². The van der Waals surface area contributed by atoms with Crippen molar-refractivity contribution in [1.29, 1.82) is 0 Å². The zero-order valence-corrected chi connectivity index (χ0v) is 11.8. The molecule has 1 fully saturated rings. The minimum atomic E-state index is -0.00349. The average Bonchev–Trinajstić information content (AvgIpc) is 3.04. The highest BCUT2D eigenvalue weighted by molar-refractivity contribution is 5.95. The van der Waals surface area contributed by atoms with Crippen LogP contribution in [0.2, 0.25) is 0 Å². The molecule has 0 saturated carbocycles. The maximum absolute atomic E-state index is 12.5. The Morgan fingerprint density at radius 1 is 1.24 bits per heavy atom. The molecule has 1 amide bonds. The second-order valence-electron chi connectivity index (χ2n) is 5.42. The van der Waals surface area contributed by atoms with Crippen LogP contribution in [0.3, 0.4) is 0 Å². The lowest BCUT2D eigenvalue weighted by Gasteiger charge is -2.16. The number of carbonyl (C=O) groups is 1. The molecule has 1 aliphatic rings. The smallest absolute Gasteiger partial charge is 0.255 e. The van der Waals surface area contributed by atoms with Gasteiger partial charge in [-0.1, -0.05) is 30.3 Å². The van der Waals surface area contributed by atoms with Crippen LogP contribution < -0.4 is 0 Å². The number of likely N-dealkylation sites (tertiary alicyclic amines) is 1. The number of benzene rings is 1. The van der Waals surface area contributed by atoms with E-state index in [4.69, 9.17) is 0 Å². The largest absolute Gasteiger partial charge is 0.396 e. The Labute approximate surface area is 124 Å². The average molecular weight is 282 g/mol. The zero-order valence-electron chi connectivity index (χ0n) is 11.8. The number of aliphatic hydroxyl groups is 1. The summed E-state index contributed by atoms with van der Waals surface area (Å²) in [7, 11) is 0. The molecule has 3 rings (SSSR count). The highest BCUT2D eigenvalue weighted by Crippen LogP contribution is 2.22. The van der Waals surface area contributed by atoms with Crippen LogP contribution in [-0.2, 0) is 0 Å². The Balaban J connectivity index is 1.82. The Morgan fingerprint density at radius 2 is 2.05 bits per heavy atom. The van der Waals surface area contributed by atoms with E-state index < -0.39 is 0 Å². The first-order valence-corrected chi connectivity index (χ1v) is 7.18. The van der Waals surface area contributed by atoms with E-state index in [2.05, 4.69) is 4.98 Å². The molecule has 21 heavy (non-hydrogen) atoms. The molecule has 1 aliphatic heterocycles. The van der Waals surface area contributed by atoms with Crippen LogP contribution in [0.1, 0.15) is 16.8 Å². The summed E-state index contributed by atoms with van der Waals surface area (Å²) in [6, 6.07) is 11.8. The molecule has 1 atom stereocenters. The van der Waals surface area contributed by atoms with Gasteiger partial charge in [0.1, 0.15) is 0 Å². The second kappa shape index (κ2) is 6.06. The number of rotatable bonds is 3. The van der Waals surface area contributed by atoms with Gasteiger partial charge in [0, 0.05) is 43.6 Å². The molecular weight excluding hydrogens is 264 g/mol. The second-order valence-corrected chi connectivity index (χ2v) is 5.42. The van der Waals surface area contributed by atoms with Gasteiger partial charge in [-0.25, -0.2) is 0 Å². The van der Waals surface area contributed by atoms with Gasteiger partial charge in [0.05, 0.1) is 5.56 Å². The molecule has 2 heterocycles. The number of hydrogen-bond donors (Lipinski definition) is 1. The van der Waals surface area contributed by atoms with E-state index in [1.165, 1.54) is 0 Å². The molecule has 1 aromatic carbocycles. The highest BCUT2D eigenvalue weighted by atomic mass is 16.3. The van der Waals surface area contributed by atoms with E-state index in [-0.39, 0.29) is 18.4 Å². The Bertz CT molecular complexity index is 628. The Morgan fingerprint density at radius 3 is 2.76 bits per heavy atom. The first-order valence-electron chi connectivity index (χ1n) is 7.18. The van der Waals surface area contributed by atoms with Crippen molar-refractivity contribution in [2.75, 3.05) is 19.7 Å². The van der Waals surface area contributed by atoms with E-state index >= 15 is 0 Å². The molecular formula is C17H18N2O2. The molecule has 1 saturated heterocycles. The lowest BCUT2D eigenvalue weighted by Crippen LogP contribution is -2.29. The van der Waals surface area contributed by atoms with Crippen LogP contribution >= 0.6 is 0 Å². The van der Waals surface area contributed by atoms with Gasteiger partial charge in [0.2, 0.25) is 0 Å². The molecule has 4 nitrogen and oxygen atoms in total. The number of amides is 1.